The molecule has 0 fully saturated rings. The molecule has 53 valence electrons. The quantitative estimate of drug-likeness (QED) is 0.534. The van der Waals surface area contributed by atoms with Gasteiger partial charge in [-0.15, -0.1) is 0 Å². The van der Waals surface area contributed by atoms with Crippen LogP contribution in [0.1, 0.15) is 0 Å². The number of hydrogen-bond acceptors (Lipinski definition) is 2. The van der Waals surface area contributed by atoms with Crippen LogP contribution in [0.2, 0.25) is 0 Å². The summed E-state index contributed by atoms with van der Waals surface area (Å²) in [5.41, 5.74) is 0. The average Bonchev–Trinajstić information content (AvgIpc) is 2.27. The SMILES string of the molecule is [Ag]=[C]1N=c2ccccc2=N1. The molecule has 0 aromatic heterocycles. The minimum absolute atomic E-state index is 0.658. The van der Waals surface area contributed by atoms with Crippen molar-refractivity contribution in [3.8, 4) is 0 Å². The zero-order chi connectivity index (χ0) is 6.97. The van der Waals surface area contributed by atoms with Crippen LogP contribution in [-0.2, 0) is 20.6 Å². The first-order valence-electron chi connectivity index (χ1n) is 2.87. The Kier molecular flexibility index (Phi) is 1.38. The van der Waals surface area contributed by atoms with E-state index in [0.717, 1.165) is 10.7 Å². The molecule has 2 nitrogen and oxygen atoms in total. The molecule has 1 heterocycles. The summed E-state index contributed by atoms with van der Waals surface area (Å²) < 4.78 is 0.658. The van der Waals surface area contributed by atoms with Crippen molar-refractivity contribution >= 4 is 3.97 Å². The molecule has 1 aromatic rings. The molecule has 2 rings (SSSR count). The zero-order valence-electron chi connectivity index (χ0n) is 5.01. The normalized spacial score (nSPS) is 14.0. The van der Waals surface area contributed by atoms with Crippen molar-refractivity contribution in [2.45, 2.75) is 0 Å². The van der Waals surface area contributed by atoms with Crippen LogP contribution in [0.3, 0.4) is 0 Å². The van der Waals surface area contributed by atoms with E-state index in [2.05, 4.69) is 30.6 Å². The zero-order valence-corrected chi connectivity index (χ0v) is 6.49. The maximum absolute atomic E-state index is 4.12. The van der Waals surface area contributed by atoms with E-state index in [-0.39, 0.29) is 0 Å². The molecule has 0 unspecified atom stereocenters. The van der Waals surface area contributed by atoms with Gasteiger partial charge in [-0.05, 0) is 0 Å². The molecule has 0 spiro atoms. The van der Waals surface area contributed by atoms with Crippen LogP contribution in [0.15, 0.2) is 34.3 Å². The first kappa shape index (κ1) is 6.16. The Morgan fingerprint density at radius 2 is 1.50 bits per heavy atom. The number of nitrogens with zero attached hydrogens (tertiary/aromatic N) is 2. The van der Waals surface area contributed by atoms with E-state index in [0.29, 0.717) is 3.97 Å². The number of rotatable bonds is 0. The number of hydrogen-bond donors (Lipinski definition) is 0. The summed E-state index contributed by atoms with van der Waals surface area (Å²) in [5, 5.41) is 1.88. The molecule has 10 heavy (non-hydrogen) atoms. The van der Waals surface area contributed by atoms with Crippen LogP contribution >= 0.6 is 0 Å². The number of para-hydroxylation sites is 2. The van der Waals surface area contributed by atoms with Gasteiger partial charge in [0.25, 0.3) is 0 Å². The second-order valence-electron chi connectivity index (χ2n) is 1.95. The van der Waals surface area contributed by atoms with E-state index in [1.54, 1.807) is 0 Å². The molecule has 0 atom stereocenters. The Bertz CT molecular complexity index is 357. The van der Waals surface area contributed by atoms with Crippen molar-refractivity contribution < 1.29 is 20.6 Å². The van der Waals surface area contributed by atoms with Gasteiger partial charge < -0.3 is 0 Å². The number of benzene rings is 1. The van der Waals surface area contributed by atoms with Crippen molar-refractivity contribution in [3.05, 3.63) is 35.0 Å². The predicted molar refractivity (Wildman–Crippen MR) is 33.8 cm³/mol. The van der Waals surface area contributed by atoms with Gasteiger partial charge in [-0.3, -0.25) is 0 Å². The second kappa shape index (κ2) is 2.24. The fourth-order valence-electron chi connectivity index (χ4n) is 0.859. The van der Waals surface area contributed by atoms with Gasteiger partial charge in [0.05, 0.1) is 0 Å². The van der Waals surface area contributed by atoms with Crippen molar-refractivity contribution in [2.75, 3.05) is 0 Å². The average molecular weight is 224 g/mol. The Morgan fingerprint density at radius 3 is 2.00 bits per heavy atom. The van der Waals surface area contributed by atoms with Gasteiger partial charge >= 0.3 is 69.5 Å². The molecular weight excluding hydrogens is 220 g/mol. The number of fused-ring (bicyclic) bond motifs is 1. The van der Waals surface area contributed by atoms with Crippen LogP contribution in [0, 0.1) is 0 Å². The third kappa shape index (κ3) is 0.904. The van der Waals surface area contributed by atoms with Gasteiger partial charge in [0.15, 0.2) is 0 Å². The topological polar surface area (TPSA) is 24.7 Å². The van der Waals surface area contributed by atoms with E-state index in [4.69, 9.17) is 0 Å². The van der Waals surface area contributed by atoms with E-state index >= 15 is 0 Å². The molecule has 0 aliphatic carbocycles. The second-order valence-corrected chi connectivity index (χ2v) is 2.61. The standard InChI is InChI=1S/C7H4N2.Ag/c1-2-4-7-6(3-1)8-5-9-7;/h1-4H;. The van der Waals surface area contributed by atoms with E-state index in [9.17, 15) is 0 Å². The van der Waals surface area contributed by atoms with Crippen molar-refractivity contribution in [1.82, 2.24) is 0 Å². The monoisotopic (exact) mass is 223 g/mol. The Labute approximate surface area is 69.7 Å². The Balaban J connectivity index is 2.96. The van der Waals surface area contributed by atoms with Crippen LogP contribution < -0.4 is 10.7 Å². The van der Waals surface area contributed by atoms with Crippen LogP contribution in [-0.4, -0.2) is 3.97 Å². The third-order valence-corrected chi connectivity index (χ3v) is 1.62. The molecule has 0 amide bonds. The molecule has 0 bridgehead atoms. The molecule has 0 N–H and O–H groups in total. The van der Waals surface area contributed by atoms with E-state index in [1.807, 2.05) is 24.3 Å². The summed E-state index contributed by atoms with van der Waals surface area (Å²) in [6.45, 7) is 0. The fraction of sp³-hybridized carbons (Fsp3) is 0. The summed E-state index contributed by atoms with van der Waals surface area (Å²) in [5.74, 6) is 0. The van der Waals surface area contributed by atoms with Gasteiger partial charge in [-0.25, -0.2) is 0 Å². The van der Waals surface area contributed by atoms with Crippen molar-refractivity contribution in [3.63, 3.8) is 0 Å². The van der Waals surface area contributed by atoms with Gasteiger partial charge in [-0.1, -0.05) is 0 Å². The summed E-state index contributed by atoms with van der Waals surface area (Å²) in [7, 11) is 0. The van der Waals surface area contributed by atoms with Crippen molar-refractivity contribution in [2.24, 2.45) is 9.98 Å². The summed E-state index contributed by atoms with van der Waals surface area (Å²) in [6.07, 6.45) is 0. The first-order valence-corrected chi connectivity index (χ1v) is 3.61. The third-order valence-electron chi connectivity index (χ3n) is 1.29. The Morgan fingerprint density at radius 1 is 1.00 bits per heavy atom. The molecular formula is C7H4AgN2. The first-order chi connectivity index (χ1) is 4.86. The summed E-state index contributed by atoms with van der Waals surface area (Å²) in [6, 6.07) is 7.77. The molecule has 1 aliphatic heterocycles. The van der Waals surface area contributed by atoms with E-state index in [1.165, 1.54) is 0 Å². The van der Waals surface area contributed by atoms with E-state index < -0.39 is 0 Å². The molecule has 0 saturated carbocycles. The maximum atomic E-state index is 4.12. The van der Waals surface area contributed by atoms with Crippen LogP contribution in [0.25, 0.3) is 0 Å². The molecule has 0 radical (unpaired) electrons. The van der Waals surface area contributed by atoms with Crippen LogP contribution in [0.5, 0.6) is 0 Å². The summed E-state index contributed by atoms with van der Waals surface area (Å²) in [4.78, 5) is 8.24. The van der Waals surface area contributed by atoms with Crippen LogP contribution in [0.4, 0.5) is 0 Å². The van der Waals surface area contributed by atoms with Gasteiger partial charge in [0.1, 0.15) is 0 Å². The minimum atomic E-state index is 0.658. The molecule has 0 saturated heterocycles. The van der Waals surface area contributed by atoms with Crippen molar-refractivity contribution in [1.29, 1.82) is 0 Å². The molecule has 3 heteroatoms. The predicted octanol–water partition coefficient (Wildman–Crippen LogP) is -0.426. The molecule has 1 aliphatic rings. The van der Waals surface area contributed by atoms with Gasteiger partial charge in [-0.2, -0.15) is 0 Å². The fourth-order valence-corrected chi connectivity index (χ4v) is 1.22. The van der Waals surface area contributed by atoms with Gasteiger partial charge in [0.2, 0.25) is 0 Å². The summed E-state index contributed by atoms with van der Waals surface area (Å²) >= 11 is 3.22. The molecule has 1 aromatic carbocycles. The Hall–Kier alpha value is -0.570. The van der Waals surface area contributed by atoms with Gasteiger partial charge in [0, 0.05) is 0 Å².